The molecule has 1 saturated heterocycles. The van der Waals surface area contributed by atoms with Gasteiger partial charge in [-0.2, -0.15) is 0 Å². The SMILES string of the molecule is CN/C=C(\C=N)c1cc2c(cn1)cc(-c1c(Cl)c(OC)cc(OC)c1Cl)c(=O)n2C1CCOC1. The summed E-state index contributed by atoms with van der Waals surface area (Å²) in [6.45, 7) is 0.962. The lowest BCUT2D eigenvalue weighted by molar-refractivity contribution is 0.186. The predicted molar refractivity (Wildman–Crippen MR) is 135 cm³/mol. The zero-order valence-electron chi connectivity index (χ0n) is 18.9. The highest BCUT2D eigenvalue weighted by Gasteiger charge is 2.26. The average Bonchev–Trinajstić information content (AvgIpc) is 3.37. The minimum absolute atomic E-state index is 0.174. The lowest BCUT2D eigenvalue weighted by atomic mass is 10.0. The molecule has 3 aromatic rings. The summed E-state index contributed by atoms with van der Waals surface area (Å²) in [6.07, 6.45) is 5.25. The molecule has 0 aliphatic carbocycles. The van der Waals surface area contributed by atoms with Crippen molar-refractivity contribution in [2.24, 2.45) is 0 Å². The van der Waals surface area contributed by atoms with Crippen LogP contribution in [0, 0.1) is 5.41 Å². The molecule has 0 radical (unpaired) electrons. The molecule has 1 aromatic carbocycles. The van der Waals surface area contributed by atoms with E-state index in [0.29, 0.717) is 64.4 Å². The van der Waals surface area contributed by atoms with E-state index in [2.05, 4.69) is 10.3 Å². The third-order valence-electron chi connectivity index (χ3n) is 5.79. The van der Waals surface area contributed by atoms with Crippen LogP contribution in [0.1, 0.15) is 18.2 Å². The van der Waals surface area contributed by atoms with Crippen molar-refractivity contribution >= 4 is 45.9 Å². The van der Waals surface area contributed by atoms with Gasteiger partial charge in [0.1, 0.15) is 11.5 Å². The molecule has 178 valence electrons. The van der Waals surface area contributed by atoms with Crippen molar-refractivity contribution in [3.05, 3.63) is 56.7 Å². The van der Waals surface area contributed by atoms with Gasteiger partial charge in [-0.15, -0.1) is 0 Å². The molecule has 1 unspecified atom stereocenters. The Balaban J connectivity index is 2.07. The molecule has 1 aliphatic rings. The van der Waals surface area contributed by atoms with Crippen LogP contribution < -0.4 is 20.3 Å². The van der Waals surface area contributed by atoms with E-state index in [1.54, 1.807) is 36.1 Å². The van der Waals surface area contributed by atoms with Crippen molar-refractivity contribution in [2.75, 3.05) is 34.5 Å². The number of pyridine rings is 2. The molecule has 0 spiro atoms. The number of hydrogen-bond donors (Lipinski definition) is 2. The number of halogens is 2. The molecule has 4 rings (SSSR count). The number of hydrogen-bond acceptors (Lipinski definition) is 7. The van der Waals surface area contributed by atoms with E-state index in [1.165, 1.54) is 20.4 Å². The van der Waals surface area contributed by atoms with Gasteiger partial charge in [-0.3, -0.25) is 9.78 Å². The minimum atomic E-state index is -0.270. The summed E-state index contributed by atoms with van der Waals surface area (Å²) >= 11 is 13.3. The predicted octanol–water partition coefficient (Wildman–Crippen LogP) is 4.56. The summed E-state index contributed by atoms with van der Waals surface area (Å²) < 4.78 is 18.1. The molecular formula is C24H24Cl2N4O4. The third-order valence-corrected chi connectivity index (χ3v) is 6.54. The summed E-state index contributed by atoms with van der Waals surface area (Å²) in [6, 6.07) is 4.94. The number of allylic oxidation sites excluding steroid dienone is 1. The van der Waals surface area contributed by atoms with E-state index in [-0.39, 0.29) is 21.6 Å². The smallest absolute Gasteiger partial charge is 0.259 e. The van der Waals surface area contributed by atoms with Crippen molar-refractivity contribution in [1.29, 1.82) is 5.41 Å². The minimum Gasteiger partial charge on any atom is -0.495 e. The quantitative estimate of drug-likeness (QED) is 0.459. The Labute approximate surface area is 206 Å². The Hall–Kier alpha value is -3.07. The van der Waals surface area contributed by atoms with Gasteiger partial charge in [0.25, 0.3) is 5.56 Å². The first-order chi connectivity index (χ1) is 16.4. The Morgan fingerprint density at radius 2 is 1.94 bits per heavy atom. The maximum Gasteiger partial charge on any atom is 0.259 e. The topological polar surface area (TPSA) is 98.5 Å². The van der Waals surface area contributed by atoms with Crippen molar-refractivity contribution < 1.29 is 14.2 Å². The Bertz CT molecular complexity index is 1320. The number of rotatable bonds is 7. The normalized spacial score (nSPS) is 16.0. The highest BCUT2D eigenvalue weighted by molar-refractivity contribution is 6.41. The molecule has 1 fully saturated rings. The number of fused-ring (bicyclic) bond motifs is 1. The second-order valence-corrected chi connectivity index (χ2v) is 8.45. The molecule has 3 heterocycles. The Kier molecular flexibility index (Phi) is 7.11. The summed E-state index contributed by atoms with van der Waals surface area (Å²) in [5, 5.41) is 11.8. The molecule has 2 aromatic heterocycles. The van der Waals surface area contributed by atoms with Crippen molar-refractivity contribution in [1.82, 2.24) is 14.9 Å². The molecule has 0 bridgehead atoms. The third kappa shape index (κ3) is 4.13. The van der Waals surface area contributed by atoms with Crippen molar-refractivity contribution in [2.45, 2.75) is 12.5 Å². The summed E-state index contributed by atoms with van der Waals surface area (Å²) in [5.74, 6) is 0.684. The van der Waals surface area contributed by atoms with Gasteiger partial charge in [0, 0.05) is 54.9 Å². The number of benzene rings is 1. The first-order valence-electron chi connectivity index (χ1n) is 10.6. The fourth-order valence-electron chi connectivity index (χ4n) is 4.12. The molecule has 1 atom stereocenters. The standard InChI is InChI=1S/C24H24Cl2N4O4/c1-28-10-14(9-27)17-7-18-13(11-29-17)6-16(24(31)30(18)15-4-5-34-12-15)21-22(25)19(32-2)8-20(33-3)23(21)26/h6-11,15,27-28H,4-5,12H2,1-3H3/b14-10+,27-9?. The Morgan fingerprint density at radius 3 is 2.50 bits per heavy atom. The molecular weight excluding hydrogens is 479 g/mol. The number of nitrogens with one attached hydrogen (secondary N) is 2. The van der Waals surface area contributed by atoms with E-state index >= 15 is 0 Å². The van der Waals surface area contributed by atoms with Crippen molar-refractivity contribution in [3.8, 4) is 22.6 Å². The van der Waals surface area contributed by atoms with Gasteiger partial charge in [0.05, 0.1) is 53.7 Å². The lowest BCUT2D eigenvalue weighted by Gasteiger charge is -2.20. The fraction of sp³-hybridized carbons (Fsp3) is 0.292. The van der Waals surface area contributed by atoms with Gasteiger partial charge in [-0.05, 0) is 18.6 Å². The number of nitrogens with zero attached hydrogens (tertiary/aromatic N) is 2. The monoisotopic (exact) mass is 502 g/mol. The van der Waals surface area contributed by atoms with Crippen LogP contribution in [-0.4, -0.2) is 50.2 Å². The van der Waals surface area contributed by atoms with Crippen molar-refractivity contribution in [3.63, 3.8) is 0 Å². The molecule has 34 heavy (non-hydrogen) atoms. The van der Waals surface area contributed by atoms with Crippen LogP contribution in [0.3, 0.4) is 0 Å². The van der Waals surface area contributed by atoms with Gasteiger partial charge in [-0.1, -0.05) is 23.2 Å². The van der Waals surface area contributed by atoms with Crippen LogP contribution in [0.4, 0.5) is 0 Å². The Morgan fingerprint density at radius 1 is 1.24 bits per heavy atom. The number of methoxy groups -OCH3 is 2. The van der Waals surface area contributed by atoms with Crippen LogP contribution in [0.15, 0.2) is 35.4 Å². The van der Waals surface area contributed by atoms with Gasteiger partial charge < -0.3 is 29.5 Å². The zero-order valence-corrected chi connectivity index (χ0v) is 20.5. The van der Waals surface area contributed by atoms with Gasteiger partial charge in [-0.25, -0.2) is 0 Å². The van der Waals surface area contributed by atoms with Gasteiger partial charge in [0.2, 0.25) is 0 Å². The van der Waals surface area contributed by atoms with Crippen LogP contribution in [0.2, 0.25) is 10.0 Å². The fourth-order valence-corrected chi connectivity index (χ4v) is 4.83. The van der Waals surface area contributed by atoms with Crippen LogP contribution in [0.5, 0.6) is 11.5 Å². The first-order valence-corrected chi connectivity index (χ1v) is 11.3. The summed E-state index contributed by atoms with van der Waals surface area (Å²) in [7, 11) is 4.72. The molecule has 10 heteroatoms. The molecule has 0 saturated carbocycles. The molecule has 2 N–H and O–H groups in total. The van der Waals surface area contributed by atoms with Crippen LogP contribution in [-0.2, 0) is 4.74 Å². The maximum atomic E-state index is 14.0. The second-order valence-electron chi connectivity index (χ2n) is 7.70. The van der Waals surface area contributed by atoms with E-state index in [9.17, 15) is 4.79 Å². The average molecular weight is 503 g/mol. The first kappa shape index (κ1) is 24.1. The summed E-state index contributed by atoms with van der Waals surface area (Å²) in [5.41, 5.74) is 2.20. The maximum absolute atomic E-state index is 14.0. The van der Waals surface area contributed by atoms with E-state index in [1.807, 2.05) is 6.07 Å². The molecule has 1 aliphatic heterocycles. The van der Waals surface area contributed by atoms with Crippen LogP contribution >= 0.6 is 23.2 Å². The lowest BCUT2D eigenvalue weighted by Crippen LogP contribution is -2.27. The number of aromatic nitrogens is 2. The largest absolute Gasteiger partial charge is 0.495 e. The highest BCUT2D eigenvalue weighted by atomic mass is 35.5. The second kappa shape index (κ2) is 10.0. The van der Waals surface area contributed by atoms with E-state index in [0.717, 1.165) is 0 Å². The molecule has 8 nitrogen and oxygen atoms in total. The van der Waals surface area contributed by atoms with E-state index in [4.69, 9.17) is 42.8 Å². The molecule has 0 amide bonds. The highest BCUT2D eigenvalue weighted by Crippen LogP contribution is 2.45. The zero-order chi connectivity index (χ0) is 24.4. The number of ether oxygens (including phenoxy) is 3. The summed E-state index contributed by atoms with van der Waals surface area (Å²) in [4.78, 5) is 18.5. The van der Waals surface area contributed by atoms with E-state index < -0.39 is 0 Å². The van der Waals surface area contributed by atoms with Crippen LogP contribution in [0.25, 0.3) is 27.6 Å². The van der Waals surface area contributed by atoms with Gasteiger partial charge >= 0.3 is 0 Å². The van der Waals surface area contributed by atoms with Gasteiger partial charge in [0.15, 0.2) is 0 Å².